The molecule has 3 aromatic rings. The maximum Gasteiger partial charge on any atom is 0.261 e. The summed E-state index contributed by atoms with van der Waals surface area (Å²) in [5.74, 6) is 0.150. The molecule has 0 saturated heterocycles. The third kappa shape index (κ3) is 10.4. The van der Waals surface area contributed by atoms with E-state index in [4.69, 9.17) is 14.2 Å². The molecule has 4 rings (SSSR count). The fourth-order valence-corrected chi connectivity index (χ4v) is 6.74. The predicted octanol–water partition coefficient (Wildman–Crippen LogP) is 4.99. The van der Waals surface area contributed by atoms with E-state index in [-0.39, 0.29) is 59.8 Å². The van der Waals surface area contributed by atoms with E-state index in [2.05, 4.69) is 4.72 Å². The highest BCUT2D eigenvalue weighted by Crippen LogP contribution is 2.30. The first-order valence-electron chi connectivity index (χ1n) is 16.7. The number of aliphatic hydroxyl groups is 1. The van der Waals surface area contributed by atoms with E-state index in [1.807, 2.05) is 44.2 Å². The maximum atomic E-state index is 14.4. The number of ether oxygens (including phenoxy) is 3. The highest BCUT2D eigenvalue weighted by atomic mass is 32.2. The number of likely N-dealkylation sites (N-methyl/N-ethyl adjacent to an activating group) is 1. The fraction of sp³-hybridized carbons (Fsp3) is 0.459. The molecule has 0 radical (unpaired) electrons. The number of sulfonamides is 1. The Hall–Kier alpha value is -4.13. The number of benzene rings is 3. The van der Waals surface area contributed by atoms with E-state index in [1.165, 1.54) is 25.3 Å². The Bertz CT molecular complexity index is 1640. The number of carbonyl (C=O) groups excluding carboxylic acids is 2. The van der Waals surface area contributed by atoms with Gasteiger partial charge in [0.15, 0.2) is 0 Å². The lowest BCUT2D eigenvalue weighted by atomic mass is 10.0. The first kappa shape index (κ1) is 37.7. The van der Waals surface area contributed by atoms with Crippen LogP contribution in [-0.2, 0) is 26.0 Å². The molecule has 11 nitrogen and oxygen atoms in total. The van der Waals surface area contributed by atoms with Crippen LogP contribution in [0.5, 0.6) is 11.5 Å². The molecule has 2 N–H and O–H groups in total. The fourth-order valence-electron chi connectivity index (χ4n) is 5.69. The summed E-state index contributed by atoms with van der Waals surface area (Å²) in [6, 6.07) is 19.6. The number of hydrogen-bond donors (Lipinski definition) is 2. The van der Waals surface area contributed by atoms with Crippen LogP contribution in [0.4, 0.5) is 5.69 Å². The first-order valence-corrected chi connectivity index (χ1v) is 18.2. The van der Waals surface area contributed by atoms with Crippen molar-refractivity contribution in [2.75, 3.05) is 45.2 Å². The summed E-state index contributed by atoms with van der Waals surface area (Å²) in [6.45, 7) is 6.37. The number of anilines is 1. The van der Waals surface area contributed by atoms with Crippen molar-refractivity contribution in [1.82, 2.24) is 9.80 Å². The minimum atomic E-state index is -3.99. The van der Waals surface area contributed by atoms with Crippen LogP contribution in [0.3, 0.4) is 0 Å². The normalized spacial score (nSPS) is 19.9. The van der Waals surface area contributed by atoms with Crippen LogP contribution < -0.4 is 14.2 Å². The van der Waals surface area contributed by atoms with E-state index in [0.717, 1.165) is 18.4 Å². The molecule has 0 spiro atoms. The molecule has 0 bridgehead atoms. The molecule has 49 heavy (non-hydrogen) atoms. The van der Waals surface area contributed by atoms with Gasteiger partial charge in [-0.15, -0.1) is 0 Å². The number of fused-ring (bicyclic) bond motifs is 1. The molecule has 1 heterocycles. The van der Waals surface area contributed by atoms with E-state index < -0.39 is 22.0 Å². The van der Waals surface area contributed by atoms with Crippen molar-refractivity contribution in [3.05, 3.63) is 83.9 Å². The van der Waals surface area contributed by atoms with Crippen molar-refractivity contribution in [3.63, 3.8) is 0 Å². The Morgan fingerprint density at radius 2 is 1.80 bits per heavy atom. The Labute approximate surface area is 290 Å². The average molecular weight is 696 g/mol. The lowest BCUT2D eigenvalue weighted by molar-refractivity contribution is -0.131. The van der Waals surface area contributed by atoms with Gasteiger partial charge in [-0.05, 0) is 81.1 Å². The van der Waals surface area contributed by atoms with Gasteiger partial charge in [0.1, 0.15) is 11.5 Å². The van der Waals surface area contributed by atoms with Crippen LogP contribution in [0.25, 0.3) is 0 Å². The van der Waals surface area contributed by atoms with Crippen LogP contribution in [0.15, 0.2) is 77.7 Å². The smallest absolute Gasteiger partial charge is 0.261 e. The number of aliphatic hydroxyl groups excluding tert-OH is 1. The maximum absolute atomic E-state index is 14.4. The summed E-state index contributed by atoms with van der Waals surface area (Å²) in [5, 5.41) is 10.2. The molecular weight excluding hydrogens is 646 g/mol. The zero-order chi connectivity index (χ0) is 35.6. The average Bonchev–Trinajstić information content (AvgIpc) is 3.09. The second-order valence-electron chi connectivity index (χ2n) is 12.7. The third-order valence-corrected chi connectivity index (χ3v) is 10.1. The molecule has 0 unspecified atom stereocenters. The predicted molar refractivity (Wildman–Crippen MR) is 188 cm³/mol. The van der Waals surface area contributed by atoms with Crippen molar-refractivity contribution in [2.45, 2.75) is 69.6 Å². The highest BCUT2D eigenvalue weighted by molar-refractivity contribution is 7.92. The molecule has 1 aliphatic heterocycles. The van der Waals surface area contributed by atoms with Gasteiger partial charge in [0.2, 0.25) is 5.91 Å². The Balaban J connectivity index is 1.63. The van der Waals surface area contributed by atoms with Crippen molar-refractivity contribution >= 4 is 27.5 Å². The van der Waals surface area contributed by atoms with Crippen molar-refractivity contribution in [3.8, 4) is 11.5 Å². The molecule has 0 saturated carbocycles. The van der Waals surface area contributed by atoms with E-state index >= 15 is 0 Å². The molecule has 1 aliphatic rings. The van der Waals surface area contributed by atoms with Crippen molar-refractivity contribution in [2.24, 2.45) is 5.92 Å². The number of hydrogen-bond acceptors (Lipinski definition) is 8. The van der Waals surface area contributed by atoms with Gasteiger partial charge in [0.25, 0.3) is 15.9 Å². The minimum Gasteiger partial charge on any atom is -0.497 e. The van der Waals surface area contributed by atoms with Gasteiger partial charge in [-0.25, -0.2) is 8.42 Å². The van der Waals surface area contributed by atoms with E-state index in [9.17, 15) is 23.1 Å². The van der Waals surface area contributed by atoms with Crippen LogP contribution in [0.1, 0.15) is 56.0 Å². The van der Waals surface area contributed by atoms with Crippen molar-refractivity contribution in [1.29, 1.82) is 0 Å². The summed E-state index contributed by atoms with van der Waals surface area (Å²) in [6.07, 6.45) is 1.95. The van der Waals surface area contributed by atoms with Crippen LogP contribution in [0, 0.1) is 5.92 Å². The van der Waals surface area contributed by atoms with Gasteiger partial charge in [0, 0.05) is 38.3 Å². The molecular formula is C37H49N3O8S. The second kappa shape index (κ2) is 17.5. The van der Waals surface area contributed by atoms with E-state index in [1.54, 1.807) is 48.0 Å². The molecule has 266 valence electrons. The number of rotatable bonds is 10. The van der Waals surface area contributed by atoms with Crippen molar-refractivity contribution < 1.29 is 37.3 Å². The lowest BCUT2D eigenvalue weighted by Crippen LogP contribution is -2.48. The minimum absolute atomic E-state index is 0.0344. The molecule has 0 aliphatic carbocycles. The van der Waals surface area contributed by atoms with Gasteiger partial charge in [-0.1, -0.05) is 37.3 Å². The van der Waals surface area contributed by atoms with Gasteiger partial charge < -0.3 is 29.1 Å². The third-order valence-electron chi connectivity index (χ3n) is 8.75. The molecule has 12 heteroatoms. The first-order chi connectivity index (χ1) is 23.4. The summed E-state index contributed by atoms with van der Waals surface area (Å²) in [5.41, 5.74) is 1.28. The number of amides is 2. The number of carbonyl (C=O) groups is 2. The van der Waals surface area contributed by atoms with Crippen LogP contribution in [-0.4, -0.2) is 93.8 Å². The van der Waals surface area contributed by atoms with Crippen LogP contribution in [0.2, 0.25) is 0 Å². The largest absolute Gasteiger partial charge is 0.497 e. The van der Waals surface area contributed by atoms with Gasteiger partial charge in [0.05, 0.1) is 48.8 Å². The number of methoxy groups -OCH3 is 1. The second-order valence-corrected chi connectivity index (χ2v) is 14.4. The Kier molecular flexibility index (Phi) is 13.5. The molecule has 4 atom stereocenters. The zero-order valence-corrected chi connectivity index (χ0v) is 29.8. The Morgan fingerprint density at radius 1 is 1.08 bits per heavy atom. The lowest BCUT2D eigenvalue weighted by Gasteiger charge is -2.36. The molecule has 0 aromatic heterocycles. The van der Waals surface area contributed by atoms with Gasteiger partial charge in [-0.3, -0.25) is 14.3 Å². The monoisotopic (exact) mass is 695 g/mol. The SMILES string of the molecule is COc1ccc(S(=O)(=O)Nc2ccc3c(c2)C(=O)N([C@H](C)CO)C[C@H](C)[C@H](CN(C)C(=O)Cc2ccccc2)OCCCC[C@@H](C)O3)cc1. The Morgan fingerprint density at radius 3 is 2.47 bits per heavy atom. The number of nitrogens with zero attached hydrogens (tertiary/aromatic N) is 2. The highest BCUT2D eigenvalue weighted by Gasteiger charge is 2.31. The zero-order valence-electron chi connectivity index (χ0n) is 29.0. The van der Waals surface area contributed by atoms with Crippen LogP contribution >= 0.6 is 0 Å². The molecule has 2 amide bonds. The molecule has 0 fully saturated rings. The quantitative estimate of drug-likeness (QED) is 0.303. The number of nitrogens with one attached hydrogen (secondary N) is 1. The summed E-state index contributed by atoms with van der Waals surface area (Å²) in [7, 11) is -0.733. The van der Waals surface area contributed by atoms with Gasteiger partial charge >= 0.3 is 0 Å². The molecule has 3 aromatic carbocycles. The van der Waals surface area contributed by atoms with E-state index in [0.29, 0.717) is 31.1 Å². The standard InChI is InChI=1S/C37H49N3O8S/c1-26-23-40(27(2)25-41)37(43)33-22-30(38-49(44,45)32-17-15-31(46-5)16-18-32)14-19-34(33)48-28(3)11-9-10-20-47-35(26)24-39(4)36(42)21-29-12-7-6-8-13-29/h6-8,12-19,22,26-28,35,38,41H,9-11,20-21,23-25H2,1-5H3/t26-,27+,28+,35-/m0/s1. The topological polar surface area (TPSA) is 135 Å². The summed E-state index contributed by atoms with van der Waals surface area (Å²) >= 11 is 0. The summed E-state index contributed by atoms with van der Waals surface area (Å²) in [4.78, 5) is 30.8. The van der Waals surface area contributed by atoms with Gasteiger partial charge in [-0.2, -0.15) is 0 Å². The summed E-state index contributed by atoms with van der Waals surface area (Å²) < 4.78 is 46.9.